The molecule has 0 radical (unpaired) electrons. The van der Waals surface area contributed by atoms with Gasteiger partial charge in [-0.15, -0.1) is 12.4 Å². The lowest BCUT2D eigenvalue weighted by atomic mass is 10.1. The number of rotatable bonds is 9. The summed E-state index contributed by atoms with van der Waals surface area (Å²) in [5, 5.41) is 14.2. The van der Waals surface area contributed by atoms with E-state index in [1.165, 1.54) is 7.11 Å². The van der Waals surface area contributed by atoms with Crippen LogP contribution in [0.1, 0.15) is 24.2 Å². The van der Waals surface area contributed by atoms with E-state index >= 15 is 0 Å². The molecule has 0 amide bonds. The molecule has 0 aliphatic carbocycles. The second kappa shape index (κ2) is 11.7. The van der Waals surface area contributed by atoms with Crippen molar-refractivity contribution in [3.05, 3.63) is 88.9 Å². The molecule has 0 saturated heterocycles. The molecule has 0 heterocycles. The van der Waals surface area contributed by atoms with E-state index in [9.17, 15) is 13.5 Å². The Hall–Kier alpha value is -2.09. The number of nitrogens with one attached hydrogen (secondary N) is 1. The predicted octanol–water partition coefficient (Wildman–Crippen LogP) is 4.86. The molecule has 0 fully saturated rings. The molecule has 2 atom stereocenters. The van der Waals surface area contributed by atoms with Gasteiger partial charge in [0.1, 0.15) is 5.75 Å². The molecule has 0 bridgehead atoms. The van der Waals surface area contributed by atoms with Gasteiger partial charge in [0.15, 0.2) is 0 Å². The van der Waals surface area contributed by atoms with Crippen LogP contribution < -0.4 is 10.1 Å². The molecule has 32 heavy (non-hydrogen) atoms. The number of hydrogen-bond donors (Lipinski definition) is 2. The summed E-state index contributed by atoms with van der Waals surface area (Å²) in [7, 11) is -2.04. The SMILES string of the molecule is COc1ccc(S(=O)(=O)c2ccc(C[C@@H](C)NC[C@H](O)c3cccc(Cl)c3)cc2)cc1.Cl. The summed E-state index contributed by atoms with van der Waals surface area (Å²) >= 11 is 5.98. The van der Waals surface area contributed by atoms with Crippen molar-refractivity contribution in [2.75, 3.05) is 13.7 Å². The van der Waals surface area contributed by atoms with E-state index in [0.717, 1.165) is 11.1 Å². The number of aliphatic hydroxyl groups is 1. The van der Waals surface area contributed by atoms with Crippen LogP contribution in [0.25, 0.3) is 0 Å². The molecule has 8 heteroatoms. The molecular weight excluding hydrogens is 469 g/mol. The summed E-state index contributed by atoms with van der Waals surface area (Å²) in [6.07, 6.45) is 0.0451. The third-order valence-electron chi connectivity index (χ3n) is 5.04. The van der Waals surface area contributed by atoms with Gasteiger partial charge in [0.05, 0.1) is 23.0 Å². The molecule has 3 rings (SSSR count). The van der Waals surface area contributed by atoms with E-state index in [1.54, 1.807) is 48.5 Å². The first kappa shape index (κ1) is 26.2. The smallest absolute Gasteiger partial charge is 0.206 e. The van der Waals surface area contributed by atoms with Crippen molar-refractivity contribution >= 4 is 33.8 Å². The van der Waals surface area contributed by atoms with Gasteiger partial charge in [0, 0.05) is 17.6 Å². The van der Waals surface area contributed by atoms with Crippen LogP contribution in [-0.2, 0) is 16.3 Å². The Balaban J connectivity index is 0.00000363. The molecule has 3 aromatic rings. The lowest BCUT2D eigenvalue weighted by Gasteiger charge is -2.18. The molecule has 0 aliphatic heterocycles. The maximum Gasteiger partial charge on any atom is 0.206 e. The molecule has 5 nitrogen and oxygen atoms in total. The molecule has 172 valence electrons. The van der Waals surface area contributed by atoms with Gasteiger partial charge in [-0.05, 0) is 73.0 Å². The van der Waals surface area contributed by atoms with Crippen LogP contribution in [-0.4, -0.2) is 33.2 Å². The van der Waals surface area contributed by atoms with E-state index < -0.39 is 15.9 Å². The normalized spacial score (nSPS) is 13.1. The Morgan fingerprint density at radius 3 is 2.16 bits per heavy atom. The zero-order valence-electron chi connectivity index (χ0n) is 17.9. The minimum atomic E-state index is -3.58. The highest BCUT2D eigenvalue weighted by atomic mass is 35.5. The molecule has 0 unspecified atom stereocenters. The summed E-state index contributed by atoms with van der Waals surface area (Å²) in [6.45, 7) is 2.41. The average Bonchev–Trinajstić information content (AvgIpc) is 2.78. The van der Waals surface area contributed by atoms with Gasteiger partial charge >= 0.3 is 0 Å². The number of halogens is 2. The number of ether oxygens (including phenoxy) is 1. The first-order valence-electron chi connectivity index (χ1n) is 9.94. The largest absolute Gasteiger partial charge is 0.497 e. The van der Waals surface area contributed by atoms with Crippen LogP contribution in [0.4, 0.5) is 0 Å². The van der Waals surface area contributed by atoms with Gasteiger partial charge in [-0.2, -0.15) is 0 Å². The van der Waals surface area contributed by atoms with E-state index in [-0.39, 0.29) is 28.2 Å². The van der Waals surface area contributed by atoms with Crippen LogP contribution in [0, 0.1) is 0 Å². The van der Waals surface area contributed by atoms with Crippen LogP contribution in [0.3, 0.4) is 0 Å². The second-order valence-corrected chi connectivity index (χ2v) is 9.79. The summed E-state index contributed by atoms with van der Waals surface area (Å²) in [5.74, 6) is 0.608. The van der Waals surface area contributed by atoms with Gasteiger partial charge in [0.2, 0.25) is 9.84 Å². The highest BCUT2D eigenvalue weighted by Gasteiger charge is 2.18. The molecule has 0 aromatic heterocycles. The summed E-state index contributed by atoms with van der Waals surface area (Å²) in [5.41, 5.74) is 1.77. The van der Waals surface area contributed by atoms with E-state index in [1.807, 2.05) is 31.2 Å². The van der Waals surface area contributed by atoms with Gasteiger partial charge in [-0.1, -0.05) is 35.9 Å². The zero-order valence-corrected chi connectivity index (χ0v) is 20.3. The first-order chi connectivity index (χ1) is 14.8. The van der Waals surface area contributed by atoms with Crippen LogP contribution >= 0.6 is 24.0 Å². The van der Waals surface area contributed by atoms with Crippen molar-refractivity contribution in [2.45, 2.75) is 35.3 Å². The number of methoxy groups -OCH3 is 1. The van der Waals surface area contributed by atoms with E-state index in [2.05, 4.69) is 5.32 Å². The van der Waals surface area contributed by atoms with Crippen LogP contribution in [0.2, 0.25) is 5.02 Å². The van der Waals surface area contributed by atoms with Crippen molar-refractivity contribution in [1.29, 1.82) is 0 Å². The maximum atomic E-state index is 12.8. The molecule has 0 spiro atoms. The topological polar surface area (TPSA) is 75.6 Å². The number of aliphatic hydroxyl groups excluding tert-OH is 1. The van der Waals surface area contributed by atoms with Crippen LogP contribution in [0.5, 0.6) is 5.75 Å². The molecule has 0 saturated carbocycles. The third kappa shape index (κ3) is 6.70. The molecule has 0 aliphatic rings. The highest BCUT2D eigenvalue weighted by molar-refractivity contribution is 7.91. The first-order valence-corrected chi connectivity index (χ1v) is 11.8. The van der Waals surface area contributed by atoms with Gasteiger partial charge in [0.25, 0.3) is 0 Å². The fraction of sp³-hybridized carbons (Fsp3) is 0.250. The Morgan fingerprint density at radius 1 is 1.00 bits per heavy atom. The standard InChI is InChI=1S/C24H26ClNO4S.ClH/c1-17(26-16-24(27)19-4-3-5-20(25)15-19)14-18-6-10-22(11-7-18)31(28,29)23-12-8-21(30-2)9-13-23;/h3-13,15,17,24,26-27H,14,16H2,1-2H3;1H/t17-,24+;/m1./s1. The summed E-state index contributed by atoms with van der Waals surface area (Å²) < 4.78 is 30.7. The van der Waals surface area contributed by atoms with Crippen molar-refractivity contribution in [2.24, 2.45) is 0 Å². The minimum Gasteiger partial charge on any atom is -0.497 e. The number of hydrogen-bond acceptors (Lipinski definition) is 5. The van der Waals surface area contributed by atoms with Gasteiger partial charge in [-0.25, -0.2) is 8.42 Å². The van der Waals surface area contributed by atoms with Crippen molar-refractivity contribution in [1.82, 2.24) is 5.32 Å². The van der Waals surface area contributed by atoms with Crippen LogP contribution in [0.15, 0.2) is 82.6 Å². The average molecular weight is 496 g/mol. The number of sulfone groups is 1. The summed E-state index contributed by atoms with van der Waals surface area (Å²) in [6, 6.07) is 20.5. The maximum absolute atomic E-state index is 12.8. The third-order valence-corrected chi connectivity index (χ3v) is 7.06. The lowest BCUT2D eigenvalue weighted by Crippen LogP contribution is -2.32. The Bertz CT molecular complexity index is 1100. The number of benzene rings is 3. The predicted molar refractivity (Wildman–Crippen MR) is 130 cm³/mol. The monoisotopic (exact) mass is 495 g/mol. The van der Waals surface area contributed by atoms with Crippen molar-refractivity contribution in [3.63, 3.8) is 0 Å². The van der Waals surface area contributed by atoms with E-state index in [4.69, 9.17) is 16.3 Å². The minimum absolute atomic E-state index is 0. The second-order valence-electron chi connectivity index (χ2n) is 7.41. The van der Waals surface area contributed by atoms with Crippen molar-refractivity contribution in [3.8, 4) is 5.75 Å². The zero-order chi connectivity index (χ0) is 22.4. The molecular formula is C24H27Cl2NO4S. The van der Waals surface area contributed by atoms with E-state index in [0.29, 0.717) is 23.7 Å². The lowest BCUT2D eigenvalue weighted by molar-refractivity contribution is 0.170. The Kier molecular flexibility index (Phi) is 9.55. The highest BCUT2D eigenvalue weighted by Crippen LogP contribution is 2.24. The Morgan fingerprint density at radius 2 is 1.59 bits per heavy atom. The fourth-order valence-electron chi connectivity index (χ4n) is 3.27. The Labute approximate surface area is 200 Å². The fourth-order valence-corrected chi connectivity index (χ4v) is 4.73. The summed E-state index contributed by atoms with van der Waals surface area (Å²) in [4.78, 5) is 0.476. The quantitative estimate of drug-likeness (QED) is 0.443. The van der Waals surface area contributed by atoms with Crippen molar-refractivity contribution < 1.29 is 18.3 Å². The molecule has 3 aromatic carbocycles. The van der Waals surface area contributed by atoms with Gasteiger partial charge in [-0.3, -0.25) is 0 Å². The van der Waals surface area contributed by atoms with Gasteiger partial charge < -0.3 is 15.2 Å². The molecule has 2 N–H and O–H groups in total.